The minimum absolute atomic E-state index is 0.267. The number of halogens is 1. The second-order valence-corrected chi connectivity index (χ2v) is 4.76. The maximum Gasteiger partial charge on any atom is 0.275 e. The van der Waals surface area contributed by atoms with Crippen molar-refractivity contribution in [2.75, 3.05) is 5.32 Å². The summed E-state index contributed by atoms with van der Waals surface area (Å²) in [5, 5.41) is 9.60. The minimum atomic E-state index is -0.267. The van der Waals surface area contributed by atoms with Gasteiger partial charge in [0.15, 0.2) is 5.82 Å². The second-order valence-electron chi connectivity index (χ2n) is 3.84. The van der Waals surface area contributed by atoms with Crippen LogP contribution in [0, 0.1) is 0 Å². The van der Waals surface area contributed by atoms with E-state index >= 15 is 0 Å². The molecule has 94 valence electrons. The molecule has 0 atom stereocenters. The number of hydrogen-bond donors (Lipinski definition) is 2. The fourth-order valence-electron chi connectivity index (χ4n) is 1.51. The zero-order chi connectivity index (χ0) is 13.0. The molecule has 2 N–H and O–H groups in total. The van der Waals surface area contributed by atoms with E-state index < -0.39 is 0 Å². The molecular weight excluding hydrogens is 296 g/mol. The van der Waals surface area contributed by atoms with Gasteiger partial charge in [-0.05, 0) is 34.5 Å². The summed E-state index contributed by atoms with van der Waals surface area (Å²) < 4.78 is 0.837. The molecule has 0 aliphatic carbocycles. The number of carbonyl (C=O) groups is 1. The van der Waals surface area contributed by atoms with E-state index in [9.17, 15) is 4.79 Å². The van der Waals surface area contributed by atoms with Gasteiger partial charge in [-0.3, -0.25) is 9.89 Å². The van der Waals surface area contributed by atoms with Crippen LogP contribution in [0.2, 0.25) is 0 Å². The fraction of sp³-hybridized carbons (Fsp3) is 0.250. The molecular formula is C12H13BrN4O. The van der Waals surface area contributed by atoms with Crippen LogP contribution in [0.1, 0.15) is 29.5 Å². The molecule has 0 unspecified atom stereocenters. The zero-order valence-corrected chi connectivity index (χ0v) is 11.5. The van der Waals surface area contributed by atoms with Gasteiger partial charge in [0, 0.05) is 22.4 Å². The van der Waals surface area contributed by atoms with E-state index in [2.05, 4.69) is 43.4 Å². The van der Waals surface area contributed by atoms with E-state index in [1.165, 1.54) is 0 Å². The molecule has 0 aromatic carbocycles. The monoisotopic (exact) mass is 308 g/mol. The van der Waals surface area contributed by atoms with Crippen LogP contribution in [0.5, 0.6) is 0 Å². The molecule has 5 nitrogen and oxygen atoms in total. The molecule has 6 heteroatoms. The number of amides is 1. The number of hydrogen-bond acceptors (Lipinski definition) is 3. The van der Waals surface area contributed by atoms with Gasteiger partial charge in [0.05, 0.1) is 0 Å². The molecule has 0 spiro atoms. The third-order valence-electron chi connectivity index (χ3n) is 2.35. The number of aromatic amines is 1. The topological polar surface area (TPSA) is 70.7 Å². The van der Waals surface area contributed by atoms with Gasteiger partial charge in [0.2, 0.25) is 0 Å². The van der Waals surface area contributed by atoms with Crippen LogP contribution in [-0.4, -0.2) is 21.1 Å². The van der Waals surface area contributed by atoms with E-state index in [4.69, 9.17) is 0 Å². The highest BCUT2D eigenvalue weighted by molar-refractivity contribution is 9.10. The lowest BCUT2D eigenvalue weighted by molar-refractivity contribution is 0.102. The van der Waals surface area contributed by atoms with E-state index in [0.29, 0.717) is 11.5 Å². The van der Waals surface area contributed by atoms with Crippen molar-refractivity contribution in [3.63, 3.8) is 0 Å². The molecule has 0 aliphatic rings. The third kappa shape index (κ3) is 3.16. The predicted octanol–water partition coefficient (Wildman–Crippen LogP) is 2.77. The van der Waals surface area contributed by atoms with Gasteiger partial charge in [0.25, 0.3) is 5.91 Å². The number of rotatable bonds is 4. The van der Waals surface area contributed by atoms with Crippen LogP contribution in [0.25, 0.3) is 0 Å². The maximum absolute atomic E-state index is 11.8. The number of anilines is 1. The molecule has 0 fully saturated rings. The lowest BCUT2D eigenvalue weighted by atomic mass is 10.2. The Bertz CT molecular complexity index is 535. The molecule has 0 saturated carbocycles. The number of aromatic nitrogens is 3. The molecule has 2 aromatic heterocycles. The Morgan fingerprint density at radius 1 is 1.50 bits per heavy atom. The van der Waals surface area contributed by atoms with Crippen LogP contribution in [0.3, 0.4) is 0 Å². The van der Waals surface area contributed by atoms with Gasteiger partial charge in [-0.15, -0.1) is 0 Å². The van der Waals surface area contributed by atoms with Crippen LogP contribution in [0.15, 0.2) is 28.9 Å². The quantitative estimate of drug-likeness (QED) is 0.912. The molecule has 0 saturated heterocycles. The van der Waals surface area contributed by atoms with Gasteiger partial charge in [-0.2, -0.15) is 5.10 Å². The highest BCUT2D eigenvalue weighted by atomic mass is 79.9. The van der Waals surface area contributed by atoms with E-state index in [-0.39, 0.29) is 5.91 Å². The van der Waals surface area contributed by atoms with E-state index in [1.54, 1.807) is 18.3 Å². The zero-order valence-electron chi connectivity index (χ0n) is 9.90. The lowest BCUT2D eigenvalue weighted by Gasteiger charge is -2.00. The van der Waals surface area contributed by atoms with Crippen LogP contribution >= 0.6 is 15.9 Å². The number of H-pyrrole nitrogens is 1. The van der Waals surface area contributed by atoms with Gasteiger partial charge < -0.3 is 5.32 Å². The minimum Gasteiger partial charge on any atom is -0.304 e. The first-order valence-electron chi connectivity index (χ1n) is 5.66. The Kier molecular flexibility index (Phi) is 4.09. The summed E-state index contributed by atoms with van der Waals surface area (Å²) in [6.07, 6.45) is 3.53. The van der Waals surface area contributed by atoms with Crippen molar-refractivity contribution in [3.05, 3.63) is 40.3 Å². The first-order valence-corrected chi connectivity index (χ1v) is 6.45. The number of nitrogens with one attached hydrogen (secondary N) is 2. The van der Waals surface area contributed by atoms with E-state index in [0.717, 1.165) is 23.0 Å². The van der Waals surface area contributed by atoms with Crippen molar-refractivity contribution in [2.24, 2.45) is 0 Å². The Labute approximate surface area is 113 Å². The summed E-state index contributed by atoms with van der Waals surface area (Å²) >= 11 is 3.27. The van der Waals surface area contributed by atoms with Gasteiger partial charge in [-0.1, -0.05) is 13.3 Å². The number of pyridine rings is 1. The molecule has 0 aliphatic heterocycles. The number of carbonyl (C=O) groups excluding carboxylic acids is 1. The first-order chi connectivity index (χ1) is 8.69. The Balaban J connectivity index is 2.04. The highest BCUT2D eigenvalue weighted by Gasteiger charge is 2.09. The predicted molar refractivity (Wildman–Crippen MR) is 72.5 cm³/mol. The molecule has 2 heterocycles. The normalized spacial score (nSPS) is 10.3. The smallest absolute Gasteiger partial charge is 0.275 e. The average Bonchev–Trinajstić information content (AvgIpc) is 2.78. The summed E-state index contributed by atoms with van der Waals surface area (Å²) in [6, 6.07) is 5.26. The summed E-state index contributed by atoms with van der Waals surface area (Å²) in [5.74, 6) is 0.255. The molecule has 2 aromatic rings. The van der Waals surface area contributed by atoms with Crippen molar-refractivity contribution < 1.29 is 4.79 Å². The van der Waals surface area contributed by atoms with Crippen molar-refractivity contribution in [2.45, 2.75) is 19.8 Å². The number of nitrogens with zero attached hydrogens (tertiary/aromatic N) is 2. The largest absolute Gasteiger partial charge is 0.304 e. The molecule has 0 radical (unpaired) electrons. The standard InChI is InChI=1S/C12H13BrN4O/c1-2-3-9-6-11(17-16-9)15-12(18)10-5-4-8(13)7-14-10/h4-7H,2-3H2,1H3,(H2,15,16,17,18). The average molecular weight is 309 g/mol. The van der Waals surface area contributed by atoms with Gasteiger partial charge in [-0.25, -0.2) is 4.98 Å². The van der Waals surface area contributed by atoms with Crippen LogP contribution in [-0.2, 0) is 6.42 Å². The summed E-state index contributed by atoms with van der Waals surface area (Å²) in [4.78, 5) is 15.9. The third-order valence-corrected chi connectivity index (χ3v) is 2.82. The molecule has 2 rings (SSSR count). The van der Waals surface area contributed by atoms with Crippen molar-refractivity contribution in [3.8, 4) is 0 Å². The molecule has 0 bridgehead atoms. The SMILES string of the molecule is CCCc1cc(NC(=O)c2ccc(Br)cn2)n[nH]1. The summed E-state index contributed by atoms with van der Waals surface area (Å²) in [5.41, 5.74) is 1.37. The Morgan fingerprint density at radius 2 is 2.33 bits per heavy atom. The highest BCUT2D eigenvalue weighted by Crippen LogP contribution is 2.11. The Hall–Kier alpha value is -1.69. The molecule has 1 amide bonds. The van der Waals surface area contributed by atoms with Crippen LogP contribution < -0.4 is 5.32 Å². The fourth-order valence-corrected chi connectivity index (χ4v) is 1.75. The Morgan fingerprint density at radius 3 is 3.00 bits per heavy atom. The number of aryl methyl sites for hydroxylation is 1. The maximum atomic E-state index is 11.8. The van der Waals surface area contributed by atoms with Crippen molar-refractivity contribution in [1.82, 2.24) is 15.2 Å². The van der Waals surface area contributed by atoms with Crippen LogP contribution in [0.4, 0.5) is 5.82 Å². The summed E-state index contributed by atoms with van der Waals surface area (Å²) in [7, 11) is 0. The van der Waals surface area contributed by atoms with Gasteiger partial charge in [0.1, 0.15) is 5.69 Å². The van der Waals surface area contributed by atoms with Crippen molar-refractivity contribution >= 4 is 27.7 Å². The van der Waals surface area contributed by atoms with Crippen molar-refractivity contribution in [1.29, 1.82) is 0 Å². The lowest BCUT2D eigenvalue weighted by Crippen LogP contribution is -2.13. The second kappa shape index (κ2) is 5.77. The first kappa shape index (κ1) is 12.8. The summed E-state index contributed by atoms with van der Waals surface area (Å²) in [6.45, 7) is 2.09. The van der Waals surface area contributed by atoms with Gasteiger partial charge >= 0.3 is 0 Å². The van der Waals surface area contributed by atoms with E-state index in [1.807, 2.05) is 6.07 Å². The molecule has 18 heavy (non-hydrogen) atoms.